The summed E-state index contributed by atoms with van der Waals surface area (Å²) in [6.07, 6.45) is -0.316. The average molecular weight is 483 g/mol. The van der Waals surface area contributed by atoms with Crippen molar-refractivity contribution in [1.82, 2.24) is 9.80 Å². The van der Waals surface area contributed by atoms with Gasteiger partial charge in [0.1, 0.15) is 12.2 Å². The number of nitro benzene ring substituents is 1. The van der Waals surface area contributed by atoms with Crippen molar-refractivity contribution < 1.29 is 33.6 Å². The van der Waals surface area contributed by atoms with Gasteiger partial charge < -0.3 is 19.3 Å². The van der Waals surface area contributed by atoms with Crippen LogP contribution >= 0.6 is 0 Å². The minimum Gasteiger partial charge on any atom is -0.464 e. The normalized spacial score (nSPS) is 16.5. The highest BCUT2D eigenvalue weighted by molar-refractivity contribution is 6.06. The predicted octanol–water partition coefficient (Wildman–Crippen LogP) is 1.93. The predicted molar refractivity (Wildman–Crippen MR) is 123 cm³/mol. The summed E-state index contributed by atoms with van der Waals surface area (Å²) in [4.78, 5) is 63.9. The Bertz CT molecular complexity index is 1210. The summed E-state index contributed by atoms with van der Waals surface area (Å²) in [6, 6.07) is 10.3. The number of benzene rings is 2. The molecule has 35 heavy (non-hydrogen) atoms. The molecule has 11 nitrogen and oxygen atoms in total. The summed E-state index contributed by atoms with van der Waals surface area (Å²) in [5.74, 6) is -2.48. The highest BCUT2D eigenvalue weighted by Crippen LogP contribution is 2.39. The molecule has 1 aliphatic rings. The summed E-state index contributed by atoms with van der Waals surface area (Å²) in [6.45, 7) is 1.20. The van der Waals surface area contributed by atoms with Crippen molar-refractivity contribution in [2.24, 2.45) is 0 Å². The largest absolute Gasteiger partial charge is 0.464 e. The number of fused-ring (bicyclic) bond motifs is 1. The van der Waals surface area contributed by atoms with E-state index in [4.69, 9.17) is 9.47 Å². The molecule has 2 aromatic rings. The molecular formula is C24H25N3O8. The molecule has 184 valence electrons. The number of carbonyl (C=O) groups is 4. The molecule has 2 amide bonds. The molecule has 0 radical (unpaired) electrons. The van der Waals surface area contributed by atoms with E-state index in [1.807, 2.05) is 0 Å². The molecule has 11 heteroatoms. The van der Waals surface area contributed by atoms with Crippen molar-refractivity contribution >= 4 is 29.4 Å². The zero-order valence-electron chi connectivity index (χ0n) is 19.8. The van der Waals surface area contributed by atoms with Crippen molar-refractivity contribution in [3.05, 3.63) is 74.8 Å². The van der Waals surface area contributed by atoms with Crippen LogP contribution in [0.15, 0.2) is 42.5 Å². The van der Waals surface area contributed by atoms with Crippen LogP contribution in [-0.2, 0) is 31.0 Å². The van der Waals surface area contributed by atoms with E-state index in [2.05, 4.69) is 0 Å². The van der Waals surface area contributed by atoms with Gasteiger partial charge in [-0.05, 0) is 24.6 Å². The van der Waals surface area contributed by atoms with Crippen molar-refractivity contribution in [2.45, 2.75) is 18.9 Å². The zero-order valence-corrected chi connectivity index (χ0v) is 19.8. The smallest absolute Gasteiger partial charge is 0.340 e. The summed E-state index contributed by atoms with van der Waals surface area (Å²) in [7, 11) is 4.35. The van der Waals surface area contributed by atoms with Gasteiger partial charge in [0.25, 0.3) is 17.5 Å². The van der Waals surface area contributed by atoms with Crippen LogP contribution in [0, 0.1) is 10.1 Å². The lowest BCUT2D eigenvalue weighted by molar-refractivity contribution is -0.385. The molecular weight excluding hydrogens is 458 g/mol. The standard InChI is InChI=1S/C24H25N3O8/c1-5-34-23(31)24(18-9-7-6-8-16(18)22(30)26(24)4)14-35-20(28)13-15-10-11-19(27(32)33)17(12-15)21(29)25(2)3/h6-12H,5,13-14H2,1-4H3. The van der Waals surface area contributed by atoms with E-state index in [1.165, 1.54) is 43.1 Å². The molecule has 0 saturated heterocycles. The molecule has 0 N–H and O–H groups in total. The number of likely N-dealkylation sites (N-methyl/N-ethyl adjacent to an activating group) is 1. The van der Waals surface area contributed by atoms with E-state index in [-0.39, 0.29) is 24.3 Å². The van der Waals surface area contributed by atoms with Crippen molar-refractivity contribution in [3.63, 3.8) is 0 Å². The molecule has 0 fully saturated rings. The van der Waals surface area contributed by atoms with E-state index in [9.17, 15) is 29.3 Å². The van der Waals surface area contributed by atoms with E-state index in [0.717, 1.165) is 6.07 Å². The first kappa shape index (κ1) is 25.3. The molecule has 1 atom stereocenters. The van der Waals surface area contributed by atoms with Gasteiger partial charge in [0.2, 0.25) is 5.54 Å². The van der Waals surface area contributed by atoms with Crippen molar-refractivity contribution in [2.75, 3.05) is 34.4 Å². The minimum atomic E-state index is -1.65. The van der Waals surface area contributed by atoms with Crippen LogP contribution in [0.3, 0.4) is 0 Å². The van der Waals surface area contributed by atoms with Crippen LogP contribution in [0.2, 0.25) is 0 Å². The van der Waals surface area contributed by atoms with Gasteiger partial charge in [-0.25, -0.2) is 4.79 Å². The van der Waals surface area contributed by atoms with Crippen LogP contribution < -0.4 is 0 Å². The molecule has 0 saturated carbocycles. The van der Waals surface area contributed by atoms with E-state index in [0.29, 0.717) is 16.7 Å². The van der Waals surface area contributed by atoms with Crippen LogP contribution in [-0.4, -0.2) is 72.8 Å². The van der Waals surface area contributed by atoms with Crippen LogP contribution in [0.5, 0.6) is 0 Å². The molecule has 1 heterocycles. The Morgan fingerprint density at radius 3 is 2.43 bits per heavy atom. The monoisotopic (exact) mass is 483 g/mol. The number of hydrogen-bond acceptors (Lipinski definition) is 8. The second-order valence-electron chi connectivity index (χ2n) is 8.14. The van der Waals surface area contributed by atoms with Crippen LogP contribution in [0.4, 0.5) is 5.69 Å². The first-order valence-corrected chi connectivity index (χ1v) is 10.7. The Kier molecular flexibility index (Phi) is 7.18. The lowest BCUT2D eigenvalue weighted by Gasteiger charge is -2.33. The average Bonchev–Trinajstić information content (AvgIpc) is 3.04. The molecule has 0 bridgehead atoms. The minimum absolute atomic E-state index is 0.0597. The summed E-state index contributed by atoms with van der Waals surface area (Å²) >= 11 is 0. The Hall–Kier alpha value is -4.28. The first-order valence-electron chi connectivity index (χ1n) is 10.7. The fraction of sp³-hybridized carbons (Fsp3) is 0.333. The summed E-state index contributed by atoms with van der Waals surface area (Å²) in [5.41, 5.74) is -1.21. The molecule has 3 rings (SSSR count). The topological polar surface area (TPSA) is 136 Å². The van der Waals surface area contributed by atoms with Gasteiger partial charge in [-0.1, -0.05) is 24.3 Å². The third-order valence-electron chi connectivity index (χ3n) is 5.78. The van der Waals surface area contributed by atoms with E-state index >= 15 is 0 Å². The van der Waals surface area contributed by atoms with Crippen LogP contribution in [0.25, 0.3) is 0 Å². The lowest BCUT2D eigenvalue weighted by atomic mass is 9.90. The van der Waals surface area contributed by atoms with Crippen LogP contribution in [0.1, 0.15) is 38.8 Å². The fourth-order valence-corrected chi connectivity index (χ4v) is 3.96. The number of rotatable bonds is 8. The number of hydrogen-bond donors (Lipinski definition) is 0. The Morgan fingerprint density at radius 1 is 1.11 bits per heavy atom. The summed E-state index contributed by atoms with van der Waals surface area (Å²) in [5, 5.41) is 11.3. The molecule has 0 aromatic heterocycles. The van der Waals surface area contributed by atoms with Gasteiger partial charge in [0.15, 0.2) is 0 Å². The molecule has 0 aliphatic carbocycles. The third kappa shape index (κ3) is 4.57. The maximum absolute atomic E-state index is 13.0. The molecule has 0 spiro atoms. The zero-order chi connectivity index (χ0) is 25.9. The maximum atomic E-state index is 13.0. The van der Waals surface area contributed by atoms with E-state index in [1.54, 1.807) is 31.2 Å². The second kappa shape index (κ2) is 9.92. The maximum Gasteiger partial charge on any atom is 0.340 e. The number of nitro groups is 1. The fourth-order valence-electron chi connectivity index (χ4n) is 3.96. The third-order valence-corrected chi connectivity index (χ3v) is 5.78. The van der Waals surface area contributed by atoms with Gasteiger partial charge in [-0.3, -0.25) is 24.5 Å². The first-order chi connectivity index (χ1) is 16.5. The molecule has 1 unspecified atom stereocenters. The summed E-state index contributed by atoms with van der Waals surface area (Å²) < 4.78 is 10.7. The van der Waals surface area contributed by atoms with Gasteiger partial charge in [-0.15, -0.1) is 0 Å². The van der Waals surface area contributed by atoms with E-state index < -0.39 is 40.8 Å². The van der Waals surface area contributed by atoms with Gasteiger partial charge in [-0.2, -0.15) is 0 Å². The lowest BCUT2D eigenvalue weighted by Crippen LogP contribution is -2.52. The van der Waals surface area contributed by atoms with Crippen molar-refractivity contribution in [3.8, 4) is 0 Å². The number of esters is 2. The Labute approximate surface area is 201 Å². The Morgan fingerprint density at radius 2 is 1.80 bits per heavy atom. The van der Waals surface area contributed by atoms with Crippen molar-refractivity contribution in [1.29, 1.82) is 0 Å². The SMILES string of the molecule is CCOC(=O)C1(COC(=O)Cc2ccc([N+](=O)[O-])c(C(=O)N(C)C)c2)c2ccccc2C(=O)N1C. The molecule has 1 aliphatic heterocycles. The highest BCUT2D eigenvalue weighted by atomic mass is 16.6. The quantitative estimate of drug-likeness (QED) is 0.316. The Balaban J connectivity index is 1.87. The second-order valence-corrected chi connectivity index (χ2v) is 8.14. The number of carbonyl (C=O) groups excluding carboxylic acids is 4. The molecule has 2 aromatic carbocycles. The number of amides is 2. The van der Waals surface area contributed by atoms with Gasteiger partial charge in [0.05, 0.1) is 18.0 Å². The van der Waals surface area contributed by atoms with Gasteiger partial charge >= 0.3 is 11.9 Å². The highest BCUT2D eigenvalue weighted by Gasteiger charge is 2.55. The number of nitrogens with zero attached hydrogens (tertiary/aromatic N) is 3. The van der Waals surface area contributed by atoms with Gasteiger partial charge in [0, 0.05) is 38.3 Å². The number of ether oxygens (including phenoxy) is 2.